The molecule has 3 aliphatic heterocycles. The largest absolute Gasteiger partial charge is 0.497 e. The van der Waals surface area contributed by atoms with Crippen LogP contribution in [-0.4, -0.2) is 64.0 Å². The lowest BCUT2D eigenvalue weighted by Gasteiger charge is -2.38. The van der Waals surface area contributed by atoms with E-state index in [0.29, 0.717) is 36.5 Å². The Morgan fingerprint density at radius 3 is 2.39 bits per heavy atom. The van der Waals surface area contributed by atoms with Gasteiger partial charge < -0.3 is 25.4 Å². The number of methoxy groups -OCH3 is 1. The SMILES string of the molecule is COc1ccc(NC(=O)C2N(CCCCCO)C(=O)[C@@H]3[C@H](C(=O)Nc4ccccc4)[C@@H]4CC(C)C23S4)cc1. The summed E-state index contributed by atoms with van der Waals surface area (Å²) < 4.78 is 4.56. The Bertz CT molecular complexity index is 1180. The molecule has 0 saturated carbocycles. The quantitative estimate of drug-likeness (QED) is 0.398. The van der Waals surface area contributed by atoms with Crippen molar-refractivity contribution >= 4 is 40.9 Å². The molecular weight excluding hydrogens is 502 g/mol. The van der Waals surface area contributed by atoms with Crippen LogP contribution in [0.3, 0.4) is 0 Å². The molecule has 2 aromatic rings. The van der Waals surface area contributed by atoms with Crippen molar-refractivity contribution in [2.24, 2.45) is 17.8 Å². The van der Waals surface area contributed by atoms with E-state index in [1.165, 1.54) is 0 Å². The lowest BCUT2D eigenvalue weighted by Crippen LogP contribution is -2.54. The summed E-state index contributed by atoms with van der Waals surface area (Å²) in [5.41, 5.74) is 1.33. The summed E-state index contributed by atoms with van der Waals surface area (Å²) >= 11 is 1.66. The van der Waals surface area contributed by atoms with E-state index in [0.717, 1.165) is 12.8 Å². The second kappa shape index (κ2) is 11.0. The van der Waals surface area contributed by atoms with Crippen LogP contribution in [0.1, 0.15) is 32.6 Å². The number of amides is 3. The zero-order valence-corrected chi connectivity index (χ0v) is 22.6. The average Bonchev–Trinajstić information content (AvgIpc) is 3.51. The van der Waals surface area contributed by atoms with Crippen molar-refractivity contribution in [1.82, 2.24) is 4.90 Å². The molecule has 6 atom stereocenters. The minimum Gasteiger partial charge on any atom is -0.497 e. The maximum atomic E-state index is 14.1. The molecule has 2 bridgehead atoms. The molecule has 38 heavy (non-hydrogen) atoms. The fraction of sp³-hybridized carbons (Fsp3) is 0.483. The molecule has 2 aromatic carbocycles. The van der Waals surface area contributed by atoms with E-state index < -0.39 is 22.6 Å². The predicted molar refractivity (Wildman–Crippen MR) is 148 cm³/mol. The molecule has 9 heteroatoms. The maximum Gasteiger partial charge on any atom is 0.248 e. The van der Waals surface area contributed by atoms with Crippen LogP contribution in [0.2, 0.25) is 0 Å². The fourth-order valence-corrected chi connectivity index (χ4v) is 8.99. The molecule has 3 saturated heterocycles. The van der Waals surface area contributed by atoms with Crippen LogP contribution in [-0.2, 0) is 14.4 Å². The van der Waals surface area contributed by atoms with Crippen LogP contribution >= 0.6 is 11.8 Å². The van der Waals surface area contributed by atoms with E-state index in [1.807, 2.05) is 30.3 Å². The zero-order chi connectivity index (χ0) is 26.9. The van der Waals surface area contributed by atoms with E-state index in [4.69, 9.17) is 4.74 Å². The summed E-state index contributed by atoms with van der Waals surface area (Å²) in [6.07, 6.45) is 2.87. The first-order valence-electron chi connectivity index (χ1n) is 13.3. The summed E-state index contributed by atoms with van der Waals surface area (Å²) in [7, 11) is 1.59. The normalized spacial score (nSPS) is 29.3. The Morgan fingerprint density at radius 1 is 1.03 bits per heavy atom. The minimum atomic E-state index is -0.684. The van der Waals surface area contributed by atoms with Crippen LogP contribution < -0.4 is 15.4 Å². The number of thioether (sulfide) groups is 1. The van der Waals surface area contributed by atoms with Gasteiger partial charge in [0.2, 0.25) is 17.7 Å². The number of hydrogen-bond acceptors (Lipinski definition) is 6. The maximum absolute atomic E-state index is 14.1. The van der Waals surface area contributed by atoms with Crippen molar-refractivity contribution in [3.8, 4) is 5.75 Å². The molecule has 3 unspecified atom stereocenters. The Kier molecular flexibility index (Phi) is 7.68. The number of carbonyl (C=O) groups excluding carboxylic acids is 3. The number of hydrogen-bond donors (Lipinski definition) is 3. The minimum absolute atomic E-state index is 0.0181. The van der Waals surface area contributed by atoms with Crippen molar-refractivity contribution in [2.75, 3.05) is 30.9 Å². The number of nitrogens with zero attached hydrogens (tertiary/aromatic N) is 1. The second-order valence-corrected chi connectivity index (χ2v) is 12.0. The van der Waals surface area contributed by atoms with Gasteiger partial charge in [-0.25, -0.2) is 0 Å². The highest BCUT2D eigenvalue weighted by atomic mass is 32.2. The number of ether oxygens (including phenoxy) is 1. The molecule has 0 radical (unpaired) electrons. The Labute approximate surface area is 227 Å². The molecular formula is C29H35N3O5S. The smallest absolute Gasteiger partial charge is 0.248 e. The number of rotatable bonds is 10. The number of likely N-dealkylation sites (tertiary alicyclic amines) is 1. The fourth-order valence-electron chi connectivity index (χ4n) is 6.56. The molecule has 5 rings (SSSR count). The molecule has 3 amide bonds. The number of nitrogens with one attached hydrogen (secondary N) is 2. The van der Waals surface area contributed by atoms with Gasteiger partial charge in [0.1, 0.15) is 11.8 Å². The Hall–Kier alpha value is -3.04. The van der Waals surface area contributed by atoms with E-state index in [1.54, 1.807) is 48.0 Å². The Morgan fingerprint density at radius 2 is 1.71 bits per heavy atom. The van der Waals surface area contributed by atoms with Crippen LogP contribution in [0, 0.1) is 17.8 Å². The van der Waals surface area contributed by atoms with Crippen LogP contribution in [0.5, 0.6) is 5.75 Å². The third kappa shape index (κ3) is 4.56. The van der Waals surface area contributed by atoms with Gasteiger partial charge in [0.25, 0.3) is 0 Å². The molecule has 3 N–H and O–H groups in total. The number of aliphatic hydroxyl groups is 1. The second-order valence-electron chi connectivity index (χ2n) is 10.4. The highest BCUT2D eigenvalue weighted by molar-refractivity contribution is 8.02. The van der Waals surface area contributed by atoms with Gasteiger partial charge in [0.05, 0.1) is 23.7 Å². The topological polar surface area (TPSA) is 108 Å². The van der Waals surface area contributed by atoms with E-state index >= 15 is 0 Å². The van der Waals surface area contributed by atoms with Crippen molar-refractivity contribution in [1.29, 1.82) is 0 Å². The zero-order valence-electron chi connectivity index (χ0n) is 21.8. The van der Waals surface area contributed by atoms with Gasteiger partial charge in [-0.1, -0.05) is 25.1 Å². The molecule has 8 nitrogen and oxygen atoms in total. The molecule has 202 valence electrons. The summed E-state index contributed by atoms with van der Waals surface area (Å²) in [4.78, 5) is 43.4. The van der Waals surface area contributed by atoms with Gasteiger partial charge in [0.15, 0.2) is 0 Å². The number of benzene rings is 2. The van der Waals surface area contributed by atoms with Crippen LogP contribution in [0.4, 0.5) is 11.4 Å². The molecule has 3 fully saturated rings. The van der Waals surface area contributed by atoms with Gasteiger partial charge in [-0.2, -0.15) is 0 Å². The first kappa shape index (κ1) is 26.6. The first-order chi connectivity index (χ1) is 18.4. The van der Waals surface area contributed by atoms with Gasteiger partial charge in [-0.3, -0.25) is 14.4 Å². The summed E-state index contributed by atoms with van der Waals surface area (Å²) in [5.74, 6) is -0.763. The van der Waals surface area contributed by atoms with E-state index in [9.17, 15) is 19.5 Å². The van der Waals surface area contributed by atoms with Crippen LogP contribution in [0.25, 0.3) is 0 Å². The van der Waals surface area contributed by atoms with Crippen molar-refractivity contribution in [3.63, 3.8) is 0 Å². The lowest BCUT2D eigenvalue weighted by atomic mass is 9.66. The van der Waals surface area contributed by atoms with Gasteiger partial charge in [-0.15, -0.1) is 11.8 Å². The monoisotopic (exact) mass is 537 g/mol. The number of aliphatic hydroxyl groups excluding tert-OH is 1. The molecule has 0 aromatic heterocycles. The van der Waals surface area contributed by atoms with Gasteiger partial charge in [0, 0.05) is 29.8 Å². The third-order valence-electron chi connectivity index (χ3n) is 8.25. The first-order valence-corrected chi connectivity index (χ1v) is 14.2. The van der Waals surface area contributed by atoms with Gasteiger partial charge in [-0.05, 0) is 68.0 Å². The molecule has 0 aliphatic carbocycles. The standard InChI is InChI=1S/C29H35N3O5S/c1-18-17-22-23(26(34)30-19-9-5-3-6-10-19)24-28(36)32(15-7-4-8-16-33)25(29(18,24)38-22)27(35)31-20-11-13-21(37-2)14-12-20/h3,5-6,9-14,18,22-25,33H,4,7-8,15-17H2,1-2H3,(H,30,34)(H,31,35)/t18?,22-,23+,24-,25?,29?/m0/s1. The van der Waals surface area contributed by atoms with Crippen molar-refractivity contribution in [2.45, 2.75) is 48.6 Å². The van der Waals surface area contributed by atoms with E-state index in [-0.39, 0.29) is 35.5 Å². The van der Waals surface area contributed by atoms with Crippen LogP contribution in [0.15, 0.2) is 54.6 Å². The average molecular weight is 538 g/mol. The Balaban J connectivity index is 1.45. The number of carbonyl (C=O) groups is 3. The number of unbranched alkanes of at least 4 members (excludes halogenated alkanes) is 2. The number of anilines is 2. The molecule has 3 heterocycles. The highest BCUT2D eigenvalue weighted by Gasteiger charge is 2.75. The highest BCUT2D eigenvalue weighted by Crippen LogP contribution is 2.68. The van der Waals surface area contributed by atoms with Gasteiger partial charge >= 0.3 is 0 Å². The predicted octanol–water partition coefficient (Wildman–Crippen LogP) is 3.77. The van der Waals surface area contributed by atoms with Crippen molar-refractivity contribution < 1.29 is 24.2 Å². The summed E-state index contributed by atoms with van der Waals surface area (Å²) in [5, 5.41) is 15.3. The molecule has 1 spiro atoms. The summed E-state index contributed by atoms with van der Waals surface area (Å²) in [6, 6.07) is 15.7. The van der Waals surface area contributed by atoms with E-state index in [2.05, 4.69) is 17.6 Å². The molecule has 3 aliphatic rings. The van der Waals surface area contributed by atoms with Crippen molar-refractivity contribution in [3.05, 3.63) is 54.6 Å². The number of fused-ring (bicyclic) bond motifs is 1. The summed E-state index contributed by atoms with van der Waals surface area (Å²) in [6.45, 7) is 2.63. The number of para-hydroxylation sites is 1. The lowest BCUT2D eigenvalue weighted by molar-refractivity contribution is -0.138. The third-order valence-corrected chi connectivity index (χ3v) is 10.3.